The third kappa shape index (κ3) is 3.92. The molecule has 0 spiro atoms. The second kappa shape index (κ2) is 6.42. The predicted molar refractivity (Wildman–Crippen MR) is 71.9 cm³/mol. The van der Waals surface area contributed by atoms with E-state index in [-0.39, 0.29) is 0 Å². The van der Waals surface area contributed by atoms with Crippen LogP contribution in [-0.4, -0.2) is 32.4 Å². The zero-order valence-electron chi connectivity index (χ0n) is 9.12. The Hall–Kier alpha value is -0.330. The molecule has 0 aromatic heterocycles. The molecule has 1 unspecified atom stereocenters. The molecule has 2 rings (SSSR count). The zero-order valence-corrected chi connectivity index (χ0v) is 11.3. The van der Waals surface area contributed by atoms with Crippen LogP contribution in [0.25, 0.3) is 0 Å². The van der Waals surface area contributed by atoms with E-state index >= 15 is 0 Å². The molecule has 1 saturated heterocycles. The molecule has 16 heavy (non-hydrogen) atoms. The van der Waals surface area contributed by atoms with Crippen molar-refractivity contribution in [2.45, 2.75) is 12.5 Å². The lowest BCUT2D eigenvalue weighted by Crippen LogP contribution is -2.39. The quantitative estimate of drug-likeness (QED) is 0.856. The SMILES string of the molecule is Ic1ccc(OCCC2CNCCO2)cc1. The molecule has 0 aliphatic carbocycles. The molecule has 1 atom stereocenters. The Bertz CT molecular complexity index is 309. The summed E-state index contributed by atoms with van der Waals surface area (Å²) >= 11 is 2.29. The number of morpholine rings is 1. The van der Waals surface area contributed by atoms with E-state index in [0.29, 0.717) is 12.7 Å². The van der Waals surface area contributed by atoms with Crippen LogP contribution in [-0.2, 0) is 4.74 Å². The minimum Gasteiger partial charge on any atom is -0.493 e. The molecule has 1 aliphatic rings. The Labute approximate surface area is 110 Å². The lowest BCUT2D eigenvalue weighted by Gasteiger charge is -2.23. The van der Waals surface area contributed by atoms with E-state index in [0.717, 1.165) is 31.9 Å². The van der Waals surface area contributed by atoms with Gasteiger partial charge in [0.05, 0.1) is 19.3 Å². The molecule has 1 aromatic carbocycles. The van der Waals surface area contributed by atoms with E-state index in [1.807, 2.05) is 12.1 Å². The van der Waals surface area contributed by atoms with Crippen LogP contribution in [0.5, 0.6) is 5.75 Å². The van der Waals surface area contributed by atoms with Gasteiger partial charge in [-0.1, -0.05) is 0 Å². The third-order valence-electron chi connectivity index (χ3n) is 2.53. The summed E-state index contributed by atoms with van der Waals surface area (Å²) < 4.78 is 12.5. The van der Waals surface area contributed by atoms with Gasteiger partial charge in [-0.15, -0.1) is 0 Å². The first kappa shape index (κ1) is 12.1. The Kier molecular flexibility index (Phi) is 4.87. The standard InChI is InChI=1S/C12H16INO2/c13-10-1-3-11(4-2-10)15-7-5-12-9-14-6-8-16-12/h1-4,12,14H,5-9H2. The van der Waals surface area contributed by atoms with Crippen LogP contribution in [0.4, 0.5) is 0 Å². The van der Waals surface area contributed by atoms with Gasteiger partial charge < -0.3 is 14.8 Å². The number of hydrogen-bond donors (Lipinski definition) is 1. The molecular weight excluding hydrogens is 317 g/mol. The molecule has 0 amide bonds. The van der Waals surface area contributed by atoms with Crippen LogP contribution < -0.4 is 10.1 Å². The summed E-state index contributed by atoms with van der Waals surface area (Å²) in [7, 11) is 0. The van der Waals surface area contributed by atoms with Crippen LogP contribution in [0.3, 0.4) is 0 Å². The molecule has 4 heteroatoms. The van der Waals surface area contributed by atoms with Gasteiger partial charge in [-0.05, 0) is 46.9 Å². The monoisotopic (exact) mass is 333 g/mol. The second-order valence-corrected chi connectivity index (χ2v) is 5.03. The molecule has 0 saturated carbocycles. The molecule has 1 heterocycles. The Morgan fingerprint density at radius 2 is 2.19 bits per heavy atom. The highest BCUT2D eigenvalue weighted by atomic mass is 127. The average Bonchev–Trinajstić information content (AvgIpc) is 2.33. The Balaban J connectivity index is 1.69. The van der Waals surface area contributed by atoms with E-state index in [1.165, 1.54) is 3.57 Å². The first-order valence-corrected chi connectivity index (χ1v) is 6.63. The lowest BCUT2D eigenvalue weighted by atomic mass is 10.2. The summed E-state index contributed by atoms with van der Waals surface area (Å²) in [5, 5.41) is 3.31. The van der Waals surface area contributed by atoms with Crippen molar-refractivity contribution in [3.63, 3.8) is 0 Å². The zero-order chi connectivity index (χ0) is 11.2. The van der Waals surface area contributed by atoms with Crippen molar-refractivity contribution in [3.8, 4) is 5.75 Å². The summed E-state index contributed by atoms with van der Waals surface area (Å²) in [6.07, 6.45) is 1.25. The lowest BCUT2D eigenvalue weighted by molar-refractivity contribution is 0.0159. The van der Waals surface area contributed by atoms with E-state index in [2.05, 4.69) is 40.0 Å². The van der Waals surface area contributed by atoms with Gasteiger partial charge in [-0.2, -0.15) is 0 Å². The summed E-state index contributed by atoms with van der Waals surface area (Å²) in [6.45, 7) is 3.44. The molecular formula is C12H16INO2. The normalized spacial score (nSPS) is 20.7. The van der Waals surface area contributed by atoms with E-state index in [9.17, 15) is 0 Å². The van der Waals surface area contributed by atoms with E-state index in [1.54, 1.807) is 0 Å². The largest absolute Gasteiger partial charge is 0.493 e. The molecule has 3 nitrogen and oxygen atoms in total. The van der Waals surface area contributed by atoms with Crippen molar-refractivity contribution in [1.82, 2.24) is 5.32 Å². The smallest absolute Gasteiger partial charge is 0.119 e. The van der Waals surface area contributed by atoms with Crippen molar-refractivity contribution in [3.05, 3.63) is 27.8 Å². The van der Waals surface area contributed by atoms with Gasteiger partial charge in [-0.3, -0.25) is 0 Å². The fraction of sp³-hybridized carbons (Fsp3) is 0.500. The molecule has 0 bridgehead atoms. The number of benzene rings is 1. The van der Waals surface area contributed by atoms with Crippen molar-refractivity contribution < 1.29 is 9.47 Å². The highest BCUT2D eigenvalue weighted by Gasteiger charge is 2.12. The van der Waals surface area contributed by atoms with Gasteiger partial charge in [-0.25, -0.2) is 0 Å². The fourth-order valence-electron chi connectivity index (χ4n) is 1.64. The van der Waals surface area contributed by atoms with Crippen LogP contribution in [0.2, 0.25) is 0 Å². The van der Waals surface area contributed by atoms with Crippen molar-refractivity contribution in [2.24, 2.45) is 0 Å². The Morgan fingerprint density at radius 3 is 2.88 bits per heavy atom. The van der Waals surface area contributed by atoms with Gasteiger partial charge in [0, 0.05) is 23.1 Å². The van der Waals surface area contributed by atoms with Crippen molar-refractivity contribution in [1.29, 1.82) is 0 Å². The van der Waals surface area contributed by atoms with Crippen LogP contribution in [0.15, 0.2) is 24.3 Å². The highest BCUT2D eigenvalue weighted by Crippen LogP contribution is 2.14. The molecule has 88 valence electrons. The van der Waals surface area contributed by atoms with Gasteiger partial charge >= 0.3 is 0 Å². The molecule has 1 aromatic rings. The van der Waals surface area contributed by atoms with Gasteiger partial charge in [0.25, 0.3) is 0 Å². The van der Waals surface area contributed by atoms with E-state index in [4.69, 9.17) is 9.47 Å². The summed E-state index contributed by atoms with van der Waals surface area (Å²) in [4.78, 5) is 0. The summed E-state index contributed by atoms with van der Waals surface area (Å²) in [5.41, 5.74) is 0. The maximum atomic E-state index is 5.65. The second-order valence-electron chi connectivity index (χ2n) is 3.79. The van der Waals surface area contributed by atoms with Crippen molar-refractivity contribution in [2.75, 3.05) is 26.3 Å². The number of rotatable bonds is 4. The highest BCUT2D eigenvalue weighted by molar-refractivity contribution is 14.1. The van der Waals surface area contributed by atoms with Gasteiger partial charge in [0.2, 0.25) is 0 Å². The summed E-state index contributed by atoms with van der Waals surface area (Å²) in [5.74, 6) is 0.934. The third-order valence-corrected chi connectivity index (χ3v) is 3.25. The van der Waals surface area contributed by atoms with Gasteiger partial charge in [0.1, 0.15) is 5.75 Å². The fourth-order valence-corrected chi connectivity index (χ4v) is 2.00. The van der Waals surface area contributed by atoms with Crippen LogP contribution in [0.1, 0.15) is 6.42 Å². The average molecular weight is 333 g/mol. The summed E-state index contributed by atoms with van der Waals surface area (Å²) in [6, 6.07) is 8.10. The number of nitrogens with one attached hydrogen (secondary N) is 1. The number of halogens is 1. The van der Waals surface area contributed by atoms with Crippen molar-refractivity contribution >= 4 is 22.6 Å². The minimum atomic E-state index is 0.303. The maximum absolute atomic E-state index is 5.65. The van der Waals surface area contributed by atoms with Crippen LogP contribution >= 0.6 is 22.6 Å². The first-order valence-electron chi connectivity index (χ1n) is 5.55. The first-order chi connectivity index (χ1) is 7.84. The van der Waals surface area contributed by atoms with E-state index < -0.39 is 0 Å². The Morgan fingerprint density at radius 1 is 1.38 bits per heavy atom. The molecule has 1 fully saturated rings. The predicted octanol–water partition coefficient (Wildman–Crippen LogP) is 2.05. The van der Waals surface area contributed by atoms with Gasteiger partial charge in [0.15, 0.2) is 0 Å². The molecule has 0 radical (unpaired) electrons. The minimum absolute atomic E-state index is 0.303. The molecule has 1 N–H and O–H groups in total. The topological polar surface area (TPSA) is 30.5 Å². The van der Waals surface area contributed by atoms with Crippen LogP contribution in [0, 0.1) is 3.57 Å². The number of ether oxygens (including phenoxy) is 2. The number of hydrogen-bond acceptors (Lipinski definition) is 3. The molecule has 1 aliphatic heterocycles. The maximum Gasteiger partial charge on any atom is 0.119 e.